The number of methoxy groups -OCH3 is 1. The lowest BCUT2D eigenvalue weighted by atomic mass is 10.0. The maximum Gasteiger partial charge on any atom is 0.422 e. The van der Waals surface area contributed by atoms with Crippen LogP contribution in [0.5, 0.6) is 11.5 Å². The van der Waals surface area contributed by atoms with Crippen LogP contribution in [0, 0.1) is 0 Å². The molecular weight excluding hydrogens is 401 g/mol. The van der Waals surface area contributed by atoms with E-state index < -0.39 is 12.8 Å². The van der Waals surface area contributed by atoms with Crippen LogP contribution in [0.25, 0.3) is 0 Å². The number of halogens is 3. The van der Waals surface area contributed by atoms with Crippen LogP contribution in [-0.2, 0) is 22.4 Å². The summed E-state index contributed by atoms with van der Waals surface area (Å²) in [6, 6.07) is 9.87. The van der Waals surface area contributed by atoms with E-state index in [1.54, 1.807) is 24.3 Å². The molecule has 1 heterocycles. The molecule has 3 rings (SSSR count). The fourth-order valence-electron chi connectivity index (χ4n) is 3.09. The number of hydrogen-bond acceptors (Lipinski definition) is 4. The molecule has 2 amide bonds. The summed E-state index contributed by atoms with van der Waals surface area (Å²) < 4.78 is 46.8. The van der Waals surface area contributed by atoms with Crippen LogP contribution >= 0.6 is 0 Å². The summed E-state index contributed by atoms with van der Waals surface area (Å²) in [4.78, 5) is 23.7. The van der Waals surface area contributed by atoms with E-state index in [0.717, 1.165) is 16.8 Å². The lowest BCUT2D eigenvalue weighted by molar-refractivity contribution is -0.153. The van der Waals surface area contributed by atoms with E-state index >= 15 is 0 Å². The molecular formula is C21H21F3N2O4. The molecule has 0 saturated heterocycles. The van der Waals surface area contributed by atoms with E-state index in [0.29, 0.717) is 24.9 Å². The Kier molecular flexibility index (Phi) is 6.49. The number of hydrogen-bond donors (Lipinski definition) is 2. The Morgan fingerprint density at radius 3 is 2.67 bits per heavy atom. The van der Waals surface area contributed by atoms with Crippen molar-refractivity contribution in [3.63, 3.8) is 0 Å². The number of aryl methyl sites for hydroxylation is 2. The van der Waals surface area contributed by atoms with Gasteiger partial charge in [0, 0.05) is 24.2 Å². The number of anilines is 2. The molecule has 0 aromatic heterocycles. The Bertz CT molecular complexity index is 944. The highest BCUT2D eigenvalue weighted by Crippen LogP contribution is 2.30. The molecule has 0 unspecified atom stereocenters. The number of fused-ring (bicyclic) bond motifs is 1. The smallest absolute Gasteiger partial charge is 0.422 e. The van der Waals surface area contributed by atoms with E-state index in [1.165, 1.54) is 13.2 Å². The third kappa shape index (κ3) is 5.88. The zero-order valence-electron chi connectivity index (χ0n) is 16.3. The number of ether oxygens (including phenoxy) is 2. The minimum absolute atomic E-state index is 0.0100. The van der Waals surface area contributed by atoms with Crippen molar-refractivity contribution in [1.82, 2.24) is 0 Å². The Morgan fingerprint density at radius 1 is 1.13 bits per heavy atom. The Hall–Kier alpha value is -3.23. The Morgan fingerprint density at radius 2 is 1.93 bits per heavy atom. The van der Waals surface area contributed by atoms with Gasteiger partial charge in [0.2, 0.25) is 11.8 Å². The largest absolute Gasteiger partial charge is 0.493 e. The van der Waals surface area contributed by atoms with Crippen LogP contribution in [-0.4, -0.2) is 31.7 Å². The first-order valence-electron chi connectivity index (χ1n) is 9.32. The first-order chi connectivity index (χ1) is 14.2. The summed E-state index contributed by atoms with van der Waals surface area (Å²) in [6.45, 7) is -1.41. The first-order valence-corrected chi connectivity index (χ1v) is 9.32. The molecule has 0 bridgehead atoms. The van der Waals surface area contributed by atoms with Crippen molar-refractivity contribution >= 4 is 23.2 Å². The van der Waals surface area contributed by atoms with Crippen molar-refractivity contribution in [2.45, 2.75) is 31.9 Å². The second kappa shape index (κ2) is 9.06. The van der Waals surface area contributed by atoms with E-state index in [1.807, 2.05) is 6.07 Å². The summed E-state index contributed by atoms with van der Waals surface area (Å²) >= 11 is 0. The van der Waals surface area contributed by atoms with Crippen LogP contribution in [0.2, 0.25) is 0 Å². The van der Waals surface area contributed by atoms with Gasteiger partial charge >= 0.3 is 6.18 Å². The van der Waals surface area contributed by atoms with Gasteiger partial charge in [0.1, 0.15) is 0 Å². The molecule has 1 aliphatic rings. The minimum atomic E-state index is -4.44. The maximum atomic E-state index is 12.3. The zero-order chi connectivity index (χ0) is 21.7. The highest BCUT2D eigenvalue weighted by molar-refractivity contribution is 5.95. The molecule has 1 aliphatic heterocycles. The van der Waals surface area contributed by atoms with Gasteiger partial charge in [-0.3, -0.25) is 9.59 Å². The second-order valence-electron chi connectivity index (χ2n) is 6.86. The number of carbonyl (C=O) groups excluding carboxylic acids is 2. The van der Waals surface area contributed by atoms with Gasteiger partial charge in [-0.1, -0.05) is 6.07 Å². The number of alkyl halides is 3. The normalized spacial score (nSPS) is 13.3. The molecule has 2 aromatic carbocycles. The van der Waals surface area contributed by atoms with Gasteiger partial charge in [0.05, 0.1) is 7.11 Å². The SMILES string of the molecule is COc1cc(CCC(=O)Nc2ccc3c(c2)CCC(=O)N3)ccc1OCC(F)(F)F. The summed E-state index contributed by atoms with van der Waals surface area (Å²) in [7, 11) is 1.34. The molecule has 0 radical (unpaired) electrons. The van der Waals surface area contributed by atoms with Gasteiger partial charge in [0.25, 0.3) is 0 Å². The Balaban J connectivity index is 1.56. The predicted molar refractivity (Wildman–Crippen MR) is 105 cm³/mol. The van der Waals surface area contributed by atoms with Gasteiger partial charge in [-0.15, -0.1) is 0 Å². The van der Waals surface area contributed by atoms with Crippen molar-refractivity contribution < 1.29 is 32.2 Å². The first kappa shape index (κ1) is 21.5. The zero-order valence-corrected chi connectivity index (χ0v) is 16.3. The molecule has 2 aromatic rings. The molecule has 0 atom stereocenters. The molecule has 9 heteroatoms. The van der Waals surface area contributed by atoms with Gasteiger partial charge in [-0.25, -0.2) is 0 Å². The summed E-state index contributed by atoms with van der Waals surface area (Å²) in [5.74, 6) is -0.0613. The third-order valence-electron chi connectivity index (χ3n) is 4.54. The van der Waals surface area contributed by atoms with Gasteiger partial charge < -0.3 is 20.1 Å². The minimum Gasteiger partial charge on any atom is -0.493 e. The van der Waals surface area contributed by atoms with Crippen molar-refractivity contribution in [3.05, 3.63) is 47.5 Å². The molecule has 0 saturated carbocycles. The van der Waals surface area contributed by atoms with Crippen LogP contribution in [0.15, 0.2) is 36.4 Å². The number of amides is 2. The molecule has 6 nitrogen and oxygen atoms in total. The number of benzene rings is 2. The van der Waals surface area contributed by atoms with E-state index in [-0.39, 0.29) is 29.7 Å². The summed E-state index contributed by atoms with van der Waals surface area (Å²) in [5.41, 5.74) is 3.09. The van der Waals surface area contributed by atoms with Gasteiger partial charge in [-0.05, 0) is 54.3 Å². The quantitative estimate of drug-likeness (QED) is 0.705. The van der Waals surface area contributed by atoms with E-state index in [2.05, 4.69) is 10.6 Å². The van der Waals surface area contributed by atoms with Crippen molar-refractivity contribution in [3.8, 4) is 11.5 Å². The van der Waals surface area contributed by atoms with Crippen LogP contribution in [0.1, 0.15) is 24.0 Å². The monoisotopic (exact) mass is 422 g/mol. The lowest BCUT2D eigenvalue weighted by Crippen LogP contribution is -2.19. The van der Waals surface area contributed by atoms with Crippen LogP contribution in [0.4, 0.5) is 24.5 Å². The fraction of sp³-hybridized carbons (Fsp3) is 0.333. The van der Waals surface area contributed by atoms with E-state index in [9.17, 15) is 22.8 Å². The molecule has 0 aliphatic carbocycles. The molecule has 0 fully saturated rings. The standard InChI is InChI=1S/C21H21F3N2O4/c1-29-18-10-13(2-7-17(18)30-12-21(22,23)24)3-8-19(27)25-15-5-6-16-14(11-15)4-9-20(28)26-16/h2,5-7,10-11H,3-4,8-9,12H2,1H3,(H,25,27)(H,26,28). The summed E-state index contributed by atoms with van der Waals surface area (Å²) in [5, 5.41) is 5.60. The van der Waals surface area contributed by atoms with E-state index in [4.69, 9.17) is 9.47 Å². The molecule has 30 heavy (non-hydrogen) atoms. The molecule has 2 N–H and O–H groups in total. The lowest BCUT2D eigenvalue weighted by Gasteiger charge is -2.17. The molecule has 0 spiro atoms. The Labute approximate surface area is 171 Å². The highest BCUT2D eigenvalue weighted by Gasteiger charge is 2.29. The number of rotatable bonds is 7. The second-order valence-corrected chi connectivity index (χ2v) is 6.86. The average Bonchev–Trinajstić information content (AvgIpc) is 2.70. The van der Waals surface area contributed by atoms with Crippen LogP contribution in [0.3, 0.4) is 0 Å². The topological polar surface area (TPSA) is 76.7 Å². The van der Waals surface area contributed by atoms with Crippen molar-refractivity contribution in [2.75, 3.05) is 24.4 Å². The highest BCUT2D eigenvalue weighted by atomic mass is 19.4. The molecule has 160 valence electrons. The summed E-state index contributed by atoms with van der Waals surface area (Å²) in [6.07, 6.45) is -2.85. The van der Waals surface area contributed by atoms with Crippen molar-refractivity contribution in [1.29, 1.82) is 0 Å². The fourth-order valence-corrected chi connectivity index (χ4v) is 3.09. The van der Waals surface area contributed by atoms with Gasteiger partial charge in [0.15, 0.2) is 18.1 Å². The number of carbonyl (C=O) groups is 2. The predicted octanol–water partition coefficient (Wildman–Crippen LogP) is 4.09. The third-order valence-corrected chi connectivity index (χ3v) is 4.54. The average molecular weight is 422 g/mol. The van der Waals surface area contributed by atoms with Crippen molar-refractivity contribution in [2.24, 2.45) is 0 Å². The number of nitrogens with one attached hydrogen (secondary N) is 2. The van der Waals surface area contributed by atoms with Gasteiger partial charge in [-0.2, -0.15) is 13.2 Å². The maximum absolute atomic E-state index is 12.3. The van der Waals surface area contributed by atoms with Crippen LogP contribution < -0.4 is 20.1 Å².